The maximum absolute atomic E-state index is 12.3. The molecule has 0 aromatic heterocycles. The molecule has 1 saturated heterocycles. The lowest BCUT2D eigenvalue weighted by atomic mass is 10.1. The summed E-state index contributed by atoms with van der Waals surface area (Å²) in [6.45, 7) is 2.62. The molecule has 6 nitrogen and oxygen atoms in total. The molecule has 0 aliphatic carbocycles. The van der Waals surface area contributed by atoms with Gasteiger partial charge in [-0.05, 0) is 19.8 Å². The molecule has 1 aliphatic heterocycles. The lowest BCUT2D eigenvalue weighted by Crippen LogP contribution is -2.50. The Kier molecular flexibility index (Phi) is 10.6. The van der Waals surface area contributed by atoms with E-state index in [9.17, 15) is 18.0 Å². The van der Waals surface area contributed by atoms with Gasteiger partial charge in [-0.2, -0.15) is 13.2 Å². The zero-order valence-electron chi connectivity index (χ0n) is 14.2. The summed E-state index contributed by atoms with van der Waals surface area (Å²) in [6.07, 6.45) is -2.45. The zero-order valence-corrected chi connectivity index (χ0v) is 16.6. The van der Waals surface area contributed by atoms with E-state index in [0.717, 1.165) is 33.0 Å². The van der Waals surface area contributed by atoms with Crippen LogP contribution < -0.4 is 5.32 Å². The number of nitrogens with zero attached hydrogens (tertiary/aromatic N) is 3. The molecule has 142 valence electrons. The second-order valence-corrected chi connectivity index (χ2v) is 5.41. The number of alkyl halides is 3. The highest BCUT2D eigenvalue weighted by Gasteiger charge is 2.31. The summed E-state index contributed by atoms with van der Waals surface area (Å²) >= 11 is 0. The topological polar surface area (TPSA) is 57.2 Å². The fourth-order valence-corrected chi connectivity index (χ4v) is 2.45. The van der Waals surface area contributed by atoms with Gasteiger partial charge in [0, 0.05) is 33.8 Å². The fraction of sp³-hybridized carbons (Fsp3) is 0.857. The first-order valence-electron chi connectivity index (χ1n) is 7.64. The number of aliphatic imine (C=N–C) groups is 1. The van der Waals surface area contributed by atoms with Crippen LogP contribution in [0.3, 0.4) is 0 Å². The smallest absolute Gasteiger partial charge is 0.378 e. The maximum Gasteiger partial charge on any atom is 0.406 e. The van der Waals surface area contributed by atoms with Crippen LogP contribution in [-0.4, -0.2) is 80.8 Å². The molecular formula is C14H26F3IN4O2. The molecule has 24 heavy (non-hydrogen) atoms. The molecule has 0 unspecified atom stereocenters. The van der Waals surface area contributed by atoms with Crippen molar-refractivity contribution in [2.45, 2.75) is 32.0 Å². The SMILES string of the molecule is CCOC1CCN(C(=NC)NCC(=O)N(C)CC(F)(F)F)CC1.I. The number of carbonyl (C=O) groups is 1. The fourth-order valence-electron chi connectivity index (χ4n) is 2.45. The van der Waals surface area contributed by atoms with Crippen LogP contribution in [0.5, 0.6) is 0 Å². The first kappa shape index (κ1) is 23.2. The van der Waals surface area contributed by atoms with Gasteiger partial charge in [-0.1, -0.05) is 0 Å². The van der Waals surface area contributed by atoms with Crippen LogP contribution in [0.25, 0.3) is 0 Å². The number of halogens is 4. The second-order valence-electron chi connectivity index (χ2n) is 5.41. The van der Waals surface area contributed by atoms with Gasteiger partial charge in [-0.3, -0.25) is 9.79 Å². The van der Waals surface area contributed by atoms with Gasteiger partial charge in [0.15, 0.2) is 5.96 Å². The summed E-state index contributed by atoms with van der Waals surface area (Å²) in [5.41, 5.74) is 0. The van der Waals surface area contributed by atoms with Crippen molar-refractivity contribution in [1.82, 2.24) is 15.1 Å². The van der Waals surface area contributed by atoms with Gasteiger partial charge < -0.3 is 19.9 Å². The number of guanidine groups is 1. The summed E-state index contributed by atoms with van der Waals surface area (Å²) in [4.78, 5) is 18.5. The second kappa shape index (κ2) is 11.0. The lowest BCUT2D eigenvalue weighted by molar-refractivity contribution is -0.157. The summed E-state index contributed by atoms with van der Waals surface area (Å²) in [5, 5.41) is 2.83. The van der Waals surface area contributed by atoms with E-state index < -0.39 is 18.6 Å². The molecule has 1 rings (SSSR count). The number of likely N-dealkylation sites (tertiary alicyclic amines) is 1. The molecular weight excluding hydrogens is 440 g/mol. The number of ether oxygens (including phenoxy) is 1. The van der Waals surface area contributed by atoms with Crippen molar-refractivity contribution in [2.24, 2.45) is 4.99 Å². The predicted octanol–water partition coefficient (Wildman–Crippen LogP) is 1.70. The Morgan fingerprint density at radius 1 is 1.38 bits per heavy atom. The van der Waals surface area contributed by atoms with Gasteiger partial charge in [-0.15, -0.1) is 24.0 Å². The highest BCUT2D eigenvalue weighted by molar-refractivity contribution is 14.0. The largest absolute Gasteiger partial charge is 0.406 e. The van der Waals surface area contributed by atoms with Crippen molar-refractivity contribution >= 4 is 35.8 Å². The molecule has 1 fully saturated rings. The van der Waals surface area contributed by atoms with Crippen LogP contribution in [0.4, 0.5) is 13.2 Å². The number of carbonyl (C=O) groups excluding carboxylic acids is 1. The maximum atomic E-state index is 12.3. The van der Waals surface area contributed by atoms with Crippen molar-refractivity contribution in [3.05, 3.63) is 0 Å². The third-order valence-corrected chi connectivity index (χ3v) is 3.60. The average Bonchev–Trinajstić information content (AvgIpc) is 2.47. The lowest BCUT2D eigenvalue weighted by Gasteiger charge is -2.34. The third kappa shape index (κ3) is 8.36. The molecule has 0 saturated carbocycles. The van der Waals surface area contributed by atoms with Crippen molar-refractivity contribution < 1.29 is 22.7 Å². The Morgan fingerprint density at radius 3 is 2.42 bits per heavy atom. The molecule has 1 heterocycles. The normalized spacial score (nSPS) is 16.6. The molecule has 1 N–H and O–H groups in total. The van der Waals surface area contributed by atoms with Gasteiger partial charge in [0.05, 0.1) is 12.6 Å². The van der Waals surface area contributed by atoms with Crippen LogP contribution in [-0.2, 0) is 9.53 Å². The zero-order chi connectivity index (χ0) is 17.5. The van der Waals surface area contributed by atoms with Gasteiger partial charge in [0.2, 0.25) is 5.91 Å². The first-order valence-corrected chi connectivity index (χ1v) is 7.64. The molecule has 0 bridgehead atoms. The van der Waals surface area contributed by atoms with Crippen LogP contribution >= 0.6 is 24.0 Å². The summed E-state index contributed by atoms with van der Waals surface area (Å²) in [6, 6.07) is 0. The number of hydrogen-bond donors (Lipinski definition) is 1. The number of amides is 1. The minimum Gasteiger partial charge on any atom is -0.378 e. The Balaban J connectivity index is 0.00000529. The number of nitrogens with one attached hydrogen (secondary N) is 1. The number of rotatable bonds is 5. The average molecular weight is 466 g/mol. The van der Waals surface area contributed by atoms with E-state index in [1.165, 1.54) is 0 Å². The summed E-state index contributed by atoms with van der Waals surface area (Å²) in [5.74, 6) is -0.110. The van der Waals surface area contributed by atoms with Crippen LogP contribution in [0.2, 0.25) is 0 Å². The molecule has 0 spiro atoms. The predicted molar refractivity (Wildman–Crippen MR) is 96.7 cm³/mol. The third-order valence-electron chi connectivity index (χ3n) is 3.60. The summed E-state index contributed by atoms with van der Waals surface area (Å²) in [7, 11) is 2.72. The van der Waals surface area contributed by atoms with E-state index in [1.54, 1.807) is 7.05 Å². The van der Waals surface area contributed by atoms with Gasteiger partial charge in [0.1, 0.15) is 6.54 Å². The minimum absolute atomic E-state index is 0. The highest BCUT2D eigenvalue weighted by atomic mass is 127. The van der Waals surface area contributed by atoms with Crippen molar-refractivity contribution in [3.8, 4) is 0 Å². The van der Waals surface area contributed by atoms with Crippen LogP contribution in [0, 0.1) is 0 Å². The number of piperidine rings is 1. The van der Waals surface area contributed by atoms with E-state index in [4.69, 9.17) is 4.74 Å². The van der Waals surface area contributed by atoms with E-state index in [0.29, 0.717) is 17.5 Å². The molecule has 0 aromatic rings. The van der Waals surface area contributed by atoms with Crippen molar-refractivity contribution in [1.29, 1.82) is 0 Å². The summed E-state index contributed by atoms with van der Waals surface area (Å²) < 4.78 is 42.4. The van der Waals surface area contributed by atoms with Crippen LogP contribution in [0.15, 0.2) is 4.99 Å². The van der Waals surface area contributed by atoms with E-state index >= 15 is 0 Å². The number of likely N-dealkylation sites (N-methyl/N-ethyl adjacent to an activating group) is 1. The molecule has 1 amide bonds. The number of hydrogen-bond acceptors (Lipinski definition) is 3. The monoisotopic (exact) mass is 466 g/mol. The highest BCUT2D eigenvalue weighted by Crippen LogP contribution is 2.16. The van der Waals surface area contributed by atoms with E-state index in [1.807, 2.05) is 11.8 Å². The van der Waals surface area contributed by atoms with Gasteiger partial charge in [-0.25, -0.2) is 0 Å². The molecule has 10 heteroatoms. The standard InChI is InChI=1S/C14H25F3N4O2.HI/c1-4-23-11-5-7-21(8-6-11)13(18-2)19-9-12(22)20(3)10-14(15,16)17;/h11H,4-10H2,1-3H3,(H,18,19);1H. The molecule has 0 radical (unpaired) electrons. The van der Waals surface area contributed by atoms with Gasteiger partial charge >= 0.3 is 6.18 Å². The Labute approximate surface area is 157 Å². The van der Waals surface area contributed by atoms with E-state index in [-0.39, 0.29) is 36.6 Å². The molecule has 0 aromatic carbocycles. The first-order chi connectivity index (χ1) is 10.8. The van der Waals surface area contributed by atoms with Crippen molar-refractivity contribution in [3.63, 3.8) is 0 Å². The van der Waals surface area contributed by atoms with Crippen LogP contribution in [0.1, 0.15) is 19.8 Å². The molecule has 1 aliphatic rings. The molecule has 0 atom stereocenters. The Bertz CT molecular complexity index is 413. The Hall–Kier alpha value is -0.780. The van der Waals surface area contributed by atoms with Gasteiger partial charge in [0.25, 0.3) is 0 Å². The Morgan fingerprint density at radius 2 is 1.96 bits per heavy atom. The minimum atomic E-state index is -4.40. The quantitative estimate of drug-likeness (QED) is 0.381. The van der Waals surface area contributed by atoms with E-state index in [2.05, 4.69) is 10.3 Å². The van der Waals surface area contributed by atoms with Crippen molar-refractivity contribution in [2.75, 3.05) is 46.9 Å².